The molecule has 90 valence electrons. The van der Waals surface area contributed by atoms with Gasteiger partial charge in [0.25, 0.3) is 0 Å². The van der Waals surface area contributed by atoms with Crippen LogP contribution in [0.5, 0.6) is 0 Å². The van der Waals surface area contributed by atoms with Gasteiger partial charge in [0, 0.05) is 24.9 Å². The molecule has 3 heteroatoms. The number of benzene rings is 1. The lowest BCUT2D eigenvalue weighted by Crippen LogP contribution is -2.00. The molecule has 0 atom stereocenters. The van der Waals surface area contributed by atoms with Crippen LogP contribution in [0.25, 0.3) is 11.3 Å². The second-order valence-corrected chi connectivity index (χ2v) is 4.46. The number of oxazole rings is 1. The predicted molar refractivity (Wildman–Crippen MR) is 68.7 cm³/mol. The van der Waals surface area contributed by atoms with Crippen LogP contribution in [0, 0.1) is 6.92 Å². The maximum Gasteiger partial charge on any atom is 0.191 e. The van der Waals surface area contributed by atoms with Crippen molar-refractivity contribution in [1.29, 1.82) is 0 Å². The first-order valence-corrected chi connectivity index (χ1v) is 5.89. The Labute approximate surface area is 102 Å². The van der Waals surface area contributed by atoms with Gasteiger partial charge in [-0.25, -0.2) is 4.98 Å². The van der Waals surface area contributed by atoms with Crippen LogP contribution >= 0.6 is 0 Å². The van der Waals surface area contributed by atoms with E-state index in [-0.39, 0.29) is 0 Å². The van der Waals surface area contributed by atoms with Gasteiger partial charge in [-0.3, -0.25) is 0 Å². The number of nitrogens with two attached hydrogens (primary N) is 1. The largest absolute Gasteiger partial charge is 0.445 e. The lowest BCUT2D eigenvalue weighted by molar-refractivity contribution is 0.457. The average Bonchev–Trinajstić information content (AvgIpc) is 2.71. The Morgan fingerprint density at radius 2 is 2.00 bits per heavy atom. The van der Waals surface area contributed by atoms with E-state index in [0.717, 1.165) is 22.6 Å². The van der Waals surface area contributed by atoms with E-state index in [1.165, 1.54) is 0 Å². The zero-order valence-corrected chi connectivity index (χ0v) is 10.5. The molecule has 1 aromatic carbocycles. The lowest BCUT2D eigenvalue weighted by atomic mass is 10.00. The molecule has 0 saturated carbocycles. The van der Waals surface area contributed by atoms with Crippen LogP contribution in [0.4, 0.5) is 0 Å². The van der Waals surface area contributed by atoms with E-state index in [1.807, 2.05) is 31.2 Å². The van der Waals surface area contributed by atoms with E-state index in [1.54, 1.807) is 0 Å². The molecule has 1 aromatic heterocycles. The van der Waals surface area contributed by atoms with E-state index >= 15 is 0 Å². The molecule has 3 nitrogen and oxygen atoms in total. The summed E-state index contributed by atoms with van der Waals surface area (Å²) in [4.78, 5) is 4.49. The van der Waals surface area contributed by atoms with E-state index in [9.17, 15) is 0 Å². The number of rotatable bonds is 3. The molecule has 0 aliphatic heterocycles. The Kier molecular flexibility index (Phi) is 3.29. The second kappa shape index (κ2) is 4.72. The molecule has 0 fully saturated rings. The Morgan fingerprint density at radius 3 is 2.65 bits per heavy atom. The third-order valence-electron chi connectivity index (χ3n) is 2.78. The van der Waals surface area contributed by atoms with Gasteiger partial charge in [0.2, 0.25) is 0 Å². The van der Waals surface area contributed by atoms with Crippen LogP contribution in [0.3, 0.4) is 0 Å². The third-order valence-corrected chi connectivity index (χ3v) is 2.78. The van der Waals surface area contributed by atoms with Crippen LogP contribution in [0.15, 0.2) is 28.7 Å². The highest BCUT2D eigenvalue weighted by Crippen LogP contribution is 2.31. The summed E-state index contributed by atoms with van der Waals surface area (Å²) >= 11 is 0. The quantitative estimate of drug-likeness (QED) is 0.880. The van der Waals surface area contributed by atoms with Gasteiger partial charge in [-0.15, -0.1) is 0 Å². The normalized spacial score (nSPS) is 11.1. The lowest BCUT2D eigenvalue weighted by Gasteiger charge is -2.08. The topological polar surface area (TPSA) is 52.0 Å². The van der Waals surface area contributed by atoms with E-state index < -0.39 is 0 Å². The first-order valence-electron chi connectivity index (χ1n) is 5.89. The molecule has 2 N–H and O–H groups in total. The molecule has 0 aliphatic carbocycles. The second-order valence-electron chi connectivity index (χ2n) is 4.46. The van der Waals surface area contributed by atoms with Crippen molar-refractivity contribution in [3.63, 3.8) is 0 Å². The Morgan fingerprint density at radius 1 is 1.29 bits per heavy atom. The first-order chi connectivity index (χ1) is 8.13. The highest BCUT2D eigenvalue weighted by molar-refractivity contribution is 5.66. The Bertz CT molecular complexity index is 515. The van der Waals surface area contributed by atoms with Crippen LogP contribution in [0.2, 0.25) is 0 Å². The number of hydrogen-bond donors (Lipinski definition) is 1. The highest BCUT2D eigenvalue weighted by atomic mass is 16.4. The van der Waals surface area contributed by atoms with Crippen molar-refractivity contribution in [3.05, 3.63) is 41.5 Å². The van der Waals surface area contributed by atoms with E-state index in [4.69, 9.17) is 10.2 Å². The molecule has 0 bridgehead atoms. The van der Waals surface area contributed by atoms with Gasteiger partial charge in [0.1, 0.15) is 11.5 Å². The molecular formula is C14H18N2O. The zero-order chi connectivity index (χ0) is 12.4. The van der Waals surface area contributed by atoms with Crippen LogP contribution in [0.1, 0.15) is 37.0 Å². The fourth-order valence-electron chi connectivity index (χ4n) is 1.96. The molecule has 17 heavy (non-hydrogen) atoms. The molecule has 0 amide bonds. The maximum atomic E-state index is 5.76. The number of nitrogens with zero attached hydrogens (tertiary/aromatic N) is 1. The minimum Gasteiger partial charge on any atom is -0.445 e. The zero-order valence-electron chi connectivity index (χ0n) is 10.5. The summed E-state index contributed by atoms with van der Waals surface area (Å²) in [6.45, 7) is 6.60. The minimum absolute atomic E-state index is 0.317. The molecule has 1 heterocycles. The summed E-state index contributed by atoms with van der Waals surface area (Å²) in [5.41, 5.74) is 8.87. The SMILES string of the molecule is Cc1nc(-c2ccccc2CN)c(C(C)C)o1. The van der Waals surface area contributed by atoms with Crippen molar-refractivity contribution < 1.29 is 4.42 Å². The molecule has 2 rings (SSSR count). The summed E-state index contributed by atoms with van der Waals surface area (Å²) in [5.74, 6) is 1.95. The van der Waals surface area contributed by atoms with Crippen molar-refractivity contribution in [2.45, 2.75) is 33.2 Å². The molecule has 0 radical (unpaired) electrons. The fraction of sp³-hybridized carbons (Fsp3) is 0.357. The predicted octanol–water partition coefficient (Wildman–Crippen LogP) is 3.23. The van der Waals surface area contributed by atoms with Crippen LogP contribution in [-0.2, 0) is 6.54 Å². The van der Waals surface area contributed by atoms with Gasteiger partial charge in [0.05, 0.1) is 0 Å². The van der Waals surface area contributed by atoms with Crippen molar-refractivity contribution in [2.75, 3.05) is 0 Å². The van der Waals surface area contributed by atoms with Gasteiger partial charge in [0.15, 0.2) is 5.89 Å². The van der Waals surface area contributed by atoms with Crippen molar-refractivity contribution in [3.8, 4) is 11.3 Å². The summed E-state index contributed by atoms with van der Waals surface area (Å²) < 4.78 is 5.68. The monoisotopic (exact) mass is 230 g/mol. The molecule has 0 aliphatic rings. The Balaban J connectivity index is 2.59. The van der Waals surface area contributed by atoms with Crippen molar-refractivity contribution in [2.24, 2.45) is 5.73 Å². The van der Waals surface area contributed by atoms with E-state index in [0.29, 0.717) is 18.4 Å². The smallest absolute Gasteiger partial charge is 0.191 e. The summed E-state index contributed by atoms with van der Waals surface area (Å²) in [7, 11) is 0. The molecule has 0 saturated heterocycles. The summed E-state index contributed by atoms with van der Waals surface area (Å²) in [6, 6.07) is 8.07. The van der Waals surface area contributed by atoms with Gasteiger partial charge in [-0.1, -0.05) is 38.1 Å². The minimum atomic E-state index is 0.317. The van der Waals surface area contributed by atoms with Gasteiger partial charge in [-0.05, 0) is 5.56 Å². The standard InChI is InChI=1S/C14H18N2O/c1-9(2)14-13(16-10(3)17-14)12-7-5-4-6-11(12)8-15/h4-7,9H,8,15H2,1-3H3. The number of aryl methyl sites for hydroxylation is 1. The van der Waals surface area contributed by atoms with Gasteiger partial charge >= 0.3 is 0 Å². The maximum absolute atomic E-state index is 5.76. The average molecular weight is 230 g/mol. The summed E-state index contributed by atoms with van der Waals surface area (Å²) in [6.07, 6.45) is 0. The molecular weight excluding hydrogens is 212 g/mol. The van der Waals surface area contributed by atoms with Crippen LogP contribution in [-0.4, -0.2) is 4.98 Å². The van der Waals surface area contributed by atoms with Crippen molar-refractivity contribution >= 4 is 0 Å². The fourth-order valence-corrected chi connectivity index (χ4v) is 1.96. The third kappa shape index (κ3) is 2.24. The van der Waals surface area contributed by atoms with Gasteiger partial charge in [-0.2, -0.15) is 0 Å². The first kappa shape index (κ1) is 11.9. The Hall–Kier alpha value is -1.61. The van der Waals surface area contributed by atoms with Gasteiger partial charge < -0.3 is 10.2 Å². The molecule has 0 unspecified atom stereocenters. The highest BCUT2D eigenvalue weighted by Gasteiger charge is 2.17. The van der Waals surface area contributed by atoms with Crippen LogP contribution < -0.4 is 5.73 Å². The van der Waals surface area contributed by atoms with E-state index in [2.05, 4.69) is 18.8 Å². The molecule has 2 aromatic rings. The number of aromatic nitrogens is 1. The molecule has 0 spiro atoms. The van der Waals surface area contributed by atoms with Crippen molar-refractivity contribution in [1.82, 2.24) is 4.98 Å². The summed E-state index contributed by atoms with van der Waals surface area (Å²) in [5, 5.41) is 0. The number of hydrogen-bond acceptors (Lipinski definition) is 3.